The first-order chi connectivity index (χ1) is 9.61. The Balaban J connectivity index is 2.18. The lowest BCUT2D eigenvalue weighted by Gasteiger charge is -2.18. The van der Waals surface area contributed by atoms with Gasteiger partial charge in [-0.05, 0) is 42.5 Å². The summed E-state index contributed by atoms with van der Waals surface area (Å²) in [7, 11) is 1.82. The molecule has 0 bridgehead atoms. The van der Waals surface area contributed by atoms with Crippen LogP contribution in [0.1, 0.15) is 21.5 Å². The number of benzene rings is 1. The molecule has 2 aromatic rings. The van der Waals surface area contributed by atoms with Crippen LogP contribution < -0.4 is 0 Å². The van der Waals surface area contributed by atoms with E-state index < -0.39 is 0 Å². The summed E-state index contributed by atoms with van der Waals surface area (Å²) >= 11 is 1.64. The Kier molecular flexibility index (Phi) is 4.79. The molecule has 4 heteroatoms. The first-order valence-corrected chi connectivity index (χ1v) is 7.63. The molecule has 0 spiro atoms. The summed E-state index contributed by atoms with van der Waals surface area (Å²) in [6.45, 7) is 2.53. The van der Waals surface area contributed by atoms with Crippen molar-refractivity contribution in [2.24, 2.45) is 0 Å². The second kappa shape index (κ2) is 6.57. The Morgan fingerprint density at radius 2 is 2.15 bits per heavy atom. The smallest absolute Gasteiger partial charge is 0.254 e. The Morgan fingerprint density at radius 1 is 1.35 bits per heavy atom. The van der Waals surface area contributed by atoms with Crippen LogP contribution in [0.2, 0.25) is 0 Å². The van der Waals surface area contributed by atoms with Gasteiger partial charge in [0, 0.05) is 36.4 Å². The van der Waals surface area contributed by atoms with E-state index in [0.717, 1.165) is 21.6 Å². The zero-order valence-corrected chi connectivity index (χ0v) is 12.8. The second-order valence-electron chi connectivity index (χ2n) is 4.70. The highest BCUT2D eigenvalue weighted by Crippen LogP contribution is 2.20. The third-order valence-electron chi connectivity index (χ3n) is 3.16. The fourth-order valence-corrected chi connectivity index (χ4v) is 2.44. The predicted molar refractivity (Wildman–Crippen MR) is 83.0 cm³/mol. The zero-order valence-electron chi connectivity index (χ0n) is 12.0. The van der Waals surface area contributed by atoms with Gasteiger partial charge in [0.05, 0.1) is 0 Å². The molecule has 0 saturated carbocycles. The Labute approximate surface area is 124 Å². The van der Waals surface area contributed by atoms with Crippen molar-refractivity contribution in [2.75, 3.05) is 13.3 Å². The average molecular weight is 286 g/mol. The van der Waals surface area contributed by atoms with Gasteiger partial charge in [0.25, 0.3) is 5.91 Å². The summed E-state index contributed by atoms with van der Waals surface area (Å²) in [4.78, 5) is 19.4. The van der Waals surface area contributed by atoms with Crippen LogP contribution in [-0.2, 0) is 6.54 Å². The molecule has 0 atom stereocenters. The van der Waals surface area contributed by atoms with Gasteiger partial charge in [0.15, 0.2) is 0 Å². The van der Waals surface area contributed by atoms with E-state index in [9.17, 15) is 4.79 Å². The van der Waals surface area contributed by atoms with Gasteiger partial charge in [-0.15, -0.1) is 11.8 Å². The molecule has 2 rings (SSSR count). The molecule has 1 heterocycles. The van der Waals surface area contributed by atoms with Crippen LogP contribution in [0.3, 0.4) is 0 Å². The van der Waals surface area contributed by atoms with E-state index in [-0.39, 0.29) is 5.91 Å². The van der Waals surface area contributed by atoms with Gasteiger partial charge in [0.1, 0.15) is 0 Å². The summed E-state index contributed by atoms with van der Waals surface area (Å²) in [6, 6.07) is 9.85. The highest BCUT2D eigenvalue weighted by atomic mass is 32.2. The predicted octanol–water partition coefficient (Wildman–Crippen LogP) is 3.38. The molecule has 0 radical (unpaired) electrons. The fraction of sp³-hybridized carbons (Fsp3) is 0.250. The third-order valence-corrected chi connectivity index (χ3v) is 3.89. The number of thioether (sulfide) groups is 1. The molecule has 3 nitrogen and oxygen atoms in total. The van der Waals surface area contributed by atoms with Gasteiger partial charge in [-0.3, -0.25) is 9.78 Å². The summed E-state index contributed by atoms with van der Waals surface area (Å²) in [5.74, 6) is 0.0438. The van der Waals surface area contributed by atoms with E-state index in [0.29, 0.717) is 6.54 Å². The minimum Gasteiger partial charge on any atom is -0.337 e. The van der Waals surface area contributed by atoms with Gasteiger partial charge >= 0.3 is 0 Å². The Hall–Kier alpha value is -1.81. The minimum absolute atomic E-state index is 0.0438. The van der Waals surface area contributed by atoms with Crippen molar-refractivity contribution < 1.29 is 4.79 Å². The molecule has 0 saturated heterocycles. The van der Waals surface area contributed by atoms with Crippen molar-refractivity contribution in [3.05, 3.63) is 59.4 Å². The molecule has 0 fully saturated rings. The number of aryl methyl sites for hydroxylation is 1. The van der Waals surface area contributed by atoms with Crippen LogP contribution in [0.25, 0.3) is 0 Å². The van der Waals surface area contributed by atoms with E-state index in [1.54, 1.807) is 29.1 Å². The molecule has 0 aliphatic rings. The number of nitrogens with zero attached hydrogens (tertiary/aromatic N) is 2. The molecule has 20 heavy (non-hydrogen) atoms. The van der Waals surface area contributed by atoms with Crippen molar-refractivity contribution in [3.8, 4) is 0 Å². The highest BCUT2D eigenvalue weighted by Gasteiger charge is 2.15. The molecule has 0 aliphatic heterocycles. The lowest BCUT2D eigenvalue weighted by molar-refractivity contribution is 0.0784. The quantitative estimate of drug-likeness (QED) is 0.808. The molecular weight excluding hydrogens is 268 g/mol. The summed E-state index contributed by atoms with van der Waals surface area (Å²) < 4.78 is 0. The highest BCUT2D eigenvalue weighted by molar-refractivity contribution is 7.98. The van der Waals surface area contributed by atoms with Crippen LogP contribution in [-0.4, -0.2) is 29.1 Å². The normalized spacial score (nSPS) is 10.3. The summed E-state index contributed by atoms with van der Waals surface area (Å²) in [5.41, 5.74) is 2.80. The van der Waals surface area contributed by atoms with Crippen LogP contribution >= 0.6 is 11.8 Å². The maximum absolute atomic E-state index is 12.5. The number of hydrogen-bond acceptors (Lipinski definition) is 3. The van der Waals surface area contributed by atoms with Crippen molar-refractivity contribution in [3.63, 3.8) is 0 Å². The number of pyridine rings is 1. The van der Waals surface area contributed by atoms with Crippen molar-refractivity contribution in [1.82, 2.24) is 9.88 Å². The lowest BCUT2D eigenvalue weighted by atomic mass is 10.1. The molecule has 0 aliphatic carbocycles. The topological polar surface area (TPSA) is 33.2 Å². The molecule has 104 valence electrons. The van der Waals surface area contributed by atoms with Crippen LogP contribution in [0.15, 0.2) is 47.6 Å². The van der Waals surface area contributed by atoms with Gasteiger partial charge in [0.2, 0.25) is 0 Å². The number of aromatic nitrogens is 1. The largest absolute Gasteiger partial charge is 0.337 e. The van der Waals surface area contributed by atoms with E-state index >= 15 is 0 Å². The lowest BCUT2D eigenvalue weighted by Crippen LogP contribution is -2.26. The second-order valence-corrected chi connectivity index (χ2v) is 5.58. The summed E-state index contributed by atoms with van der Waals surface area (Å²) in [5, 5.41) is 0. The van der Waals surface area contributed by atoms with Gasteiger partial charge in [-0.25, -0.2) is 0 Å². The first-order valence-electron chi connectivity index (χ1n) is 6.41. The van der Waals surface area contributed by atoms with Crippen molar-refractivity contribution in [2.45, 2.75) is 18.4 Å². The maximum atomic E-state index is 12.5. The van der Waals surface area contributed by atoms with Crippen LogP contribution in [0.5, 0.6) is 0 Å². The summed E-state index contributed by atoms with van der Waals surface area (Å²) in [6.07, 6.45) is 5.53. The molecule has 1 aromatic carbocycles. The molecule has 1 amide bonds. The molecule has 0 N–H and O–H groups in total. The zero-order chi connectivity index (χ0) is 14.5. The number of carbonyl (C=O) groups is 1. The monoisotopic (exact) mass is 286 g/mol. The molecular formula is C16H18N2OS. The van der Waals surface area contributed by atoms with E-state index in [1.165, 1.54) is 0 Å². The standard InChI is InChI=1S/C16H18N2OS/c1-12-6-7-14(20-3)9-15(12)16(19)18(2)11-13-5-4-8-17-10-13/h4-10H,11H2,1-3H3. The van der Waals surface area contributed by atoms with Gasteiger partial charge in [-0.1, -0.05) is 12.1 Å². The number of hydrogen-bond donors (Lipinski definition) is 0. The first kappa shape index (κ1) is 14.6. The number of carbonyl (C=O) groups excluding carboxylic acids is 1. The van der Waals surface area contributed by atoms with E-state index in [4.69, 9.17) is 0 Å². The number of amides is 1. The van der Waals surface area contributed by atoms with Crippen molar-refractivity contribution in [1.29, 1.82) is 0 Å². The van der Waals surface area contributed by atoms with E-state index in [1.807, 2.05) is 50.6 Å². The Morgan fingerprint density at radius 3 is 2.80 bits per heavy atom. The van der Waals surface area contributed by atoms with Crippen molar-refractivity contribution >= 4 is 17.7 Å². The van der Waals surface area contributed by atoms with E-state index in [2.05, 4.69) is 4.98 Å². The third kappa shape index (κ3) is 3.39. The number of rotatable bonds is 4. The maximum Gasteiger partial charge on any atom is 0.254 e. The Bertz CT molecular complexity index is 599. The van der Waals surface area contributed by atoms with Gasteiger partial charge in [-0.2, -0.15) is 0 Å². The average Bonchev–Trinajstić information content (AvgIpc) is 2.48. The SMILES string of the molecule is CSc1ccc(C)c(C(=O)N(C)Cc2cccnc2)c1. The van der Waals surface area contributed by atoms with Crippen LogP contribution in [0.4, 0.5) is 0 Å². The molecule has 1 aromatic heterocycles. The molecule has 0 unspecified atom stereocenters. The van der Waals surface area contributed by atoms with Crippen LogP contribution in [0, 0.1) is 6.92 Å². The fourth-order valence-electron chi connectivity index (χ4n) is 2.00. The minimum atomic E-state index is 0.0438. The van der Waals surface area contributed by atoms with Gasteiger partial charge < -0.3 is 4.90 Å².